The Morgan fingerprint density at radius 1 is 1.05 bits per heavy atom. The summed E-state index contributed by atoms with van der Waals surface area (Å²) in [6.45, 7) is 7.62. The van der Waals surface area contributed by atoms with Gasteiger partial charge in [0, 0.05) is 24.2 Å². The van der Waals surface area contributed by atoms with Crippen LogP contribution in [0.5, 0.6) is 11.5 Å². The lowest BCUT2D eigenvalue weighted by Gasteiger charge is -2.31. The van der Waals surface area contributed by atoms with Crippen molar-refractivity contribution in [1.29, 1.82) is 0 Å². The fourth-order valence-corrected chi connectivity index (χ4v) is 5.84. The number of tetrazole rings is 1. The number of aromatic amines is 1. The summed E-state index contributed by atoms with van der Waals surface area (Å²) in [5.41, 5.74) is 4.96. The molecule has 3 heterocycles. The normalized spacial score (nSPS) is 16.1. The smallest absolute Gasteiger partial charge is 0.252 e. The molecule has 2 aromatic heterocycles. The Bertz CT molecular complexity index is 1520. The van der Waals surface area contributed by atoms with Crippen molar-refractivity contribution in [2.75, 3.05) is 6.79 Å². The zero-order valence-electron chi connectivity index (χ0n) is 22.2. The Morgan fingerprint density at radius 3 is 2.66 bits per heavy atom. The van der Waals surface area contributed by atoms with E-state index in [1.807, 2.05) is 28.9 Å². The molecule has 1 aliphatic heterocycles. The molecule has 9 nitrogen and oxygen atoms in total. The molecule has 1 N–H and O–H groups in total. The number of benzene rings is 2. The first-order chi connectivity index (χ1) is 18.5. The molecule has 1 atom stereocenters. The van der Waals surface area contributed by atoms with Crippen LogP contribution in [-0.2, 0) is 13.1 Å². The van der Waals surface area contributed by atoms with Gasteiger partial charge >= 0.3 is 0 Å². The number of fused-ring (bicyclic) bond motifs is 2. The van der Waals surface area contributed by atoms with Crippen LogP contribution < -0.4 is 15.0 Å². The summed E-state index contributed by atoms with van der Waals surface area (Å²) in [6.07, 6.45) is 5.40. The molecule has 2 aromatic carbocycles. The van der Waals surface area contributed by atoms with E-state index in [0.717, 1.165) is 64.2 Å². The number of nitrogens with one attached hydrogen (secondary N) is 1. The van der Waals surface area contributed by atoms with Gasteiger partial charge in [-0.15, -0.1) is 5.10 Å². The summed E-state index contributed by atoms with van der Waals surface area (Å²) in [4.78, 5) is 18.7. The van der Waals surface area contributed by atoms with Crippen molar-refractivity contribution in [2.24, 2.45) is 0 Å². The predicted octanol–water partition coefficient (Wildman–Crippen LogP) is 5.13. The van der Waals surface area contributed by atoms with Crippen molar-refractivity contribution >= 4 is 10.9 Å². The van der Waals surface area contributed by atoms with Crippen LogP contribution in [0.15, 0.2) is 41.2 Å². The van der Waals surface area contributed by atoms with E-state index in [2.05, 4.69) is 58.3 Å². The molecule has 38 heavy (non-hydrogen) atoms. The van der Waals surface area contributed by atoms with E-state index in [1.165, 1.54) is 18.4 Å². The summed E-state index contributed by atoms with van der Waals surface area (Å²) >= 11 is 0. The van der Waals surface area contributed by atoms with Gasteiger partial charge in [-0.25, -0.2) is 4.68 Å². The largest absolute Gasteiger partial charge is 0.454 e. The summed E-state index contributed by atoms with van der Waals surface area (Å²) in [5.74, 6) is 2.37. The van der Waals surface area contributed by atoms with Crippen molar-refractivity contribution < 1.29 is 9.47 Å². The molecule has 6 rings (SSSR count). The van der Waals surface area contributed by atoms with Crippen LogP contribution in [-0.4, -0.2) is 36.9 Å². The molecule has 198 valence electrons. The van der Waals surface area contributed by atoms with Crippen LogP contribution in [0.2, 0.25) is 0 Å². The minimum atomic E-state index is -0.0679. The van der Waals surface area contributed by atoms with Crippen LogP contribution in [0, 0.1) is 13.8 Å². The SMILES string of the molecule is CC[C@H](c1nnnn1C1CCCC1)N(Cc1ccc2c(c1)OCO2)Cc1cc2cc(C)c(C)cc2[nH]c1=O. The maximum absolute atomic E-state index is 13.3. The molecule has 9 heteroatoms. The van der Waals surface area contributed by atoms with Crippen molar-refractivity contribution in [2.45, 2.75) is 78.0 Å². The lowest BCUT2D eigenvalue weighted by Crippen LogP contribution is -2.32. The number of hydrogen-bond donors (Lipinski definition) is 1. The lowest BCUT2D eigenvalue weighted by atomic mass is 10.0. The maximum Gasteiger partial charge on any atom is 0.252 e. The summed E-state index contributed by atoms with van der Waals surface area (Å²) in [7, 11) is 0. The van der Waals surface area contributed by atoms with Crippen molar-refractivity contribution in [3.8, 4) is 11.5 Å². The number of H-pyrrole nitrogens is 1. The fourth-order valence-electron chi connectivity index (χ4n) is 5.84. The van der Waals surface area contributed by atoms with Crippen molar-refractivity contribution in [3.63, 3.8) is 0 Å². The highest BCUT2D eigenvalue weighted by atomic mass is 16.7. The second-order valence-corrected chi connectivity index (χ2v) is 10.6. The minimum Gasteiger partial charge on any atom is -0.454 e. The quantitative estimate of drug-likeness (QED) is 0.348. The van der Waals surface area contributed by atoms with Gasteiger partial charge in [0.05, 0.1) is 12.1 Å². The first kappa shape index (κ1) is 24.6. The molecule has 1 fully saturated rings. The first-order valence-corrected chi connectivity index (χ1v) is 13.5. The number of nitrogens with zero attached hydrogens (tertiary/aromatic N) is 5. The van der Waals surface area contributed by atoms with Gasteiger partial charge in [-0.2, -0.15) is 0 Å². The fraction of sp³-hybridized carbons (Fsp3) is 0.448. The highest BCUT2D eigenvalue weighted by Gasteiger charge is 2.30. The lowest BCUT2D eigenvalue weighted by molar-refractivity contribution is 0.158. The van der Waals surface area contributed by atoms with Gasteiger partial charge in [0.25, 0.3) is 5.56 Å². The Morgan fingerprint density at radius 2 is 1.84 bits per heavy atom. The molecule has 4 aromatic rings. The van der Waals surface area contributed by atoms with Gasteiger partial charge in [0.1, 0.15) is 0 Å². The van der Waals surface area contributed by atoms with Crippen LogP contribution in [0.4, 0.5) is 0 Å². The van der Waals surface area contributed by atoms with Gasteiger partial charge in [0.2, 0.25) is 6.79 Å². The second kappa shape index (κ2) is 10.2. The number of ether oxygens (including phenoxy) is 2. The van der Waals surface area contributed by atoms with Gasteiger partial charge in [0.15, 0.2) is 17.3 Å². The number of aryl methyl sites for hydroxylation is 2. The zero-order valence-corrected chi connectivity index (χ0v) is 22.2. The second-order valence-electron chi connectivity index (χ2n) is 10.6. The van der Waals surface area contributed by atoms with E-state index < -0.39 is 0 Å². The van der Waals surface area contributed by atoms with E-state index in [1.54, 1.807) is 0 Å². The number of aromatic nitrogens is 5. The molecule has 0 bridgehead atoms. The van der Waals surface area contributed by atoms with Crippen molar-refractivity contribution in [1.82, 2.24) is 30.1 Å². The van der Waals surface area contributed by atoms with E-state index >= 15 is 0 Å². The monoisotopic (exact) mass is 514 g/mol. The summed E-state index contributed by atoms with van der Waals surface area (Å²) in [5, 5.41) is 14.1. The van der Waals surface area contributed by atoms with Crippen LogP contribution >= 0.6 is 0 Å². The van der Waals surface area contributed by atoms with Crippen molar-refractivity contribution in [3.05, 3.63) is 74.8 Å². The van der Waals surface area contributed by atoms with Gasteiger partial charge < -0.3 is 14.5 Å². The third-order valence-electron chi connectivity index (χ3n) is 8.05. The molecule has 2 aliphatic rings. The Balaban J connectivity index is 1.39. The molecule has 1 aliphatic carbocycles. The minimum absolute atomic E-state index is 0.0640. The Hall–Kier alpha value is -3.72. The molecule has 0 saturated heterocycles. The van der Waals surface area contributed by atoms with Crippen LogP contribution in [0.1, 0.15) is 79.2 Å². The van der Waals surface area contributed by atoms with E-state index in [0.29, 0.717) is 19.1 Å². The molecule has 0 spiro atoms. The number of hydrogen-bond acceptors (Lipinski definition) is 7. The van der Waals surface area contributed by atoms with E-state index in [9.17, 15) is 4.79 Å². The number of pyridine rings is 1. The summed E-state index contributed by atoms with van der Waals surface area (Å²) < 4.78 is 13.2. The average molecular weight is 515 g/mol. The molecular weight excluding hydrogens is 480 g/mol. The highest BCUT2D eigenvalue weighted by Crippen LogP contribution is 2.36. The third kappa shape index (κ3) is 4.67. The molecule has 0 radical (unpaired) electrons. The highest BCUT2D eigenvalue weighted by molar-refractivity contribution is 5.80. The Kier molecular flexibility index (Phi) is 6.61. The van der Waals surface area contributed by atoms with E-state index in [-0.39, 0.29) is 18.4 Å². The predicted molar refractivity (Wildman–Crippen MR) is 144 cm³/mol. The zero-order chi connectivity index (χ0) is 26.2. The van der Waals surface area contributed by atoms with Gasteiger partial charge in [-0.1, -0.05) is 25.8 Å². The number of rotatable bonds is 8. The molecule has 0 amide bonds. The third-order valence-corrected chi connectivity index (χ3v) is 8.05. The first-order valence-electron chi connectivity index (χ1n) is 13.5. The summed E-state index contributed by atoms with van der Waals surface area (Å²) in [6, 6.07) is 12.5. The van der Waals surface area contributed by atoms with Gasteiger partial charge in [-0.05, 0) is 95.9 Å². The van der Waals surface area contributed by atoms with Gasteiger partial charge in [-0.3, -0.25) is 9.69 Å². The maximum atomic E-state index is 13.3. The standard InChI is InChI=1S/C29H34N6O3/c1-4-25(28-31-32-33-35(28)23-7-5-6-8-23)34(15-20-9-10-26-27(13-20)38-17-37-26)16-22-14-21-11-18(2)19(3)12-24(21)30-29(22)36/h9-14,23,25H,4-8,15-17H2,1-3H3,(H,30,36)/t25-/m1/s1. The topological polar surface area (TPSA) is 98.2 Å². The van der Waals surface area contributed by atoms with Crippen LogP contribution in [0.25, 0.3) is 10.9 Å². The Labute approximate surface area is 221 Å². The average Bonchev–Trinajstić information content (AvgIpc) is 3.68. The molecule has 1 saturated carbocycles. The van der Waals surface area contributed by atoms with E-state index in [4.69, 9.17) is 9.47 Å². The molecule has 0 unspecified atom stereocenters. The molecular formula is C29H34N6O3. The van der Waals surface area contributed by atoms with Crippen LogP contribution in [0.3, 0.4) is 0 Å².